The van der Waals surface area contributed by atoms with Crippen LogP contribution in [-0.2, 0) is 4.74 Å². The molecule has 1 heterocycles. The van der Waals surface area contributed by atoms with Crippen molar-refractivity contribution in [1.82, 2.24) is 0 Å². The molecule has 1 aliphatic heterocycles. The third kappa shape index (κ3) is 6.47. The van der Waals surface area contributed by atoms with Crippen LogP contribution in [0.15, 0.2) is 54.6 Å². The molecular formula is C22H27ClINO2. The molecule has 1 aliphatic rings. The monoisotopic (exact) mass is 499 g/mol. The van der Waals surface area contributed by atoms with Gasteiger partial charge in [-0.3, -0.25) is 0 Å². The van der Waals surface area contributed by atoms with Crippen LogP contribution in [0, 0.1) is 0 Å². The predicted octanol–water partition coefficient (Wildman–Crippen LogP) is 2.26. The predicted molar refractivity (Wildman–Crippen MR) is 105 cm³/mol. The van der Waals surface area contributed by atoms with Gasteiger partial charge in [-0.2, -0.15) is 0 Å². The molecule has 1 unspecified atom stereocenters. The van der Waals surface area contributed by atoms with Crippen LogP contribution >= 0.6 is 11.6 Å². The quantitative estimate of drug-likeness (QED) is 0.358. The second kappa shape index (κ2) is 10.4. The Kier molecular flexibility index (Phi) is 8.58. The highest BCUT2D eigenvalue weighted by atomic mass is 127. The second-order valence-corrected chi connectivity index (χ2v) is 7.91. The Morgan fingerprint density at radius 3 is 2.19 bits per heavy atom. The van der Waals surface area contributed by atoms with Crippen LogP contribution in [0.2, 0.25) is 5.02 Å². The molecule has 2 aromatic carbocycles. The minimum Gasteiger partial charge on any atom is -1.00 e. The van der Waals surface area contributed by atoms with E-state index >= 15 is 0 Å². The average molecular weight is 500 g/mol. The lowest BCUT2D eigenvalue weighted by Gasteiger charge is -2.36. The summed E-state index contributed by atoms with van der Waals surface area (Å²) in [6, 6.07) is 17.0. The Morgan fingerprint density at radius 1 is 1.00 bits per heavy atom. The number of carbonyl (C=O) groups is 1. The van der Waals surface area contributed by atoms with Crippen LogP contribution in [0.25, 0.3) is 0 Å². The summed E-state index contributed by atoms with van der Waals surface area (Å²) in [6.45, 7) is 3.09. The Morgan fingerprint density at radius 2 is 1.59 bits per heavy atom. The summed E-state index contributed by atoms with van der Waals surface area (Å²) in [7, 11) is 2.29. The molecule has 3 rings (SSSR count). The summed E-state index contributed by atoms with van der Waals surface area (Å²) in [5, 5.41) is 0.615. The number of nitrogens with zero attached hydrogens (tertiary/aromatic N) is 1. The molecule has 5 heteroatoms. The van der Waals surface area contributed by atoms with E-state index in [0.29, 0.717) is 10.6 Å². The SMILES string of the molecule is C[N+]1(CC(OC(=O)c2ccc(Cl)cc2)c2ccccc2)CCCCCC1.[I-]. The van der Waals surface area contributed by atoms with Gasteiger partial charge in [0.25, 0.3) is 0 Å². The van der Waals surface area contributed by atoms with E-state index in [4.69, 9.17) is 16.3 Å². The van der Waals surface area contributed by atoms with Crippen LogP contribution in [0.4, 0.5) is 0 Å². The molecule has 146 valence electrons. The topological polar surface area (TPSA) is 26.3 Å². The normalized spacial score (nSPS) is 17.3. The van der Waals surface area contributed by atoms with Gasteiger partial charge in [0.1, 0.15) is 6.54 Å². The molecule has 0 bridgehead atoms. The molecule has 0 saturated carbocycles. The molecule has 27 heavy (non-hydrogen) atoms. The van der Waals surface area contributed by atoms with Crippen molar-refractivity contribution in [3.05, 3.63) is 70.7 Å². The molecule has 0 aromatic heterocycles. The maximum Gasteiger partial charge on any atom is 0.338 e. The van der Waals surface area contributed by atoms with Crippen molar-refractivity contribution in [3.8, 4) is 0 Å². The summed E-state index contributed by atoms with van der Waals surface area (Å²) >= 11 is 5.93. The second-order valence-electron chi connectivity index (χ2n) is 7.48. The minimum absolute atomic E-state index is 0. The molecular weight excluding hydrogens is 473 g/mol. The Bertz CT molecular complexity index is 713. The van der Waals surface area contributed by atoms with E-state index in [1.807, 2.05) is 30.3 Å². The number of likely N-dealkylation sites (tertiary alicyclic amines) is 1. The van der Waals surface area contributed by atoms with Gasteiger partial charge < -0.3 is 33.2 Å². The van der Waals surface area contributed by atoms with Crippen molar-refractivity contribution in [3.63, 3.8) is 0 Å². The van der Waals surface area contributed by atoms with Gasteiger partial charge in [-0.25, -0.2) is 4.79 Å². The fourth-order valence-electron chi connectivity index (χ4n) is 3.70. The molecule has 0 radical (unpaired) electrons. The number of carbonyl (C=O) groups excluding carboxylic acids is 1. The first-order valence-electron chi connectivity index (χ1n) is 9.41. The molecule has 0 spiro atoms. The van der Waals surface area contributed by atoms with Gasteiger partial charge in [0.15, 0.2) is 6.10 Å². The number of hydrogen-bond acceptors (Lipinski definition) is 2. The standard InChI is InChI=1S/C22H27ClNO2.HI/c1-24(15-7-2-3-8-16-24)17-21(18-9-5-4-6-10-18)26-22(25)19-11-13-20(23)14-12-19;/h4-6,9-14,21H,2-3,7-8,15-17H2,1H3;1H/q+1;/p-1. The van der Waals surface area contributed by atoms with Crippen LogP contribution in [0.1, 0.15) is 47.7 Å². The first-order valence-corrected chi connectivity index (χ1v) is 9.79. The van der Waals surface area contributed by atoms with E-state index < -0.39 is 0 Å². The van der Waals surface area contributed by atoms with Crippen molar-refractivity contribution >= 4 is 17.6 Å². The molecule has 0 aliphatic carbocycles. The highest BCUT2D eigenvalue weighted by Gasteiger charge is 2.31. The average Bonchev–Trinajstić information content (AvgIpc) is 2.87. The fourth-order valence-corrected chi connectivity index (χ4v) is 3.82. The number of hydrogen-bond donors (Lipinski definition) is 0. The molecule has 0 amide bonds. The van der Waals surface area contributed by atoms with Gasteiger partial charge in [-0.05, 0) is 55.5 Å². The zero-order valence-electron chi connectivity index (χ0n) is 15.7. The number of quaternary nitrogens is 1. The number of rotatable bonds is 5. The van der Waals surface area contributed by atoms with Crippen molar-refractivity contribution in [2.24, 2.45) is 0 Å². The molecule has 2 aromatic rings. The van der Waals surface area contributed by atoms with E-state index in [1.165, 1.54) is 25.7 Å². The number of halogens is 2. The number of ether oxygens (including phenoxy) is 1. The van der Waals surface area contributed by atoms with Crippen molar-refractivity contribution in [2.75, 3.05) is 26.7 Å². The molecule has 1 fully saturated rings. The number of benzene rings is 2. The third-order valence-electron chi connectivity index (χ3n) is 5.25. The van der Waals surface area contributed by atoms with Crippen LogP contribution in [-0.4, -0.2) is 37.1 Å². The van der Waals surface area contributed by atoms with Gasteiger partial charge >= 0.3 is 5.97 Å². The molecule has 0 N–H and O–H groups in total. The van der Waals surface area contributed by atoms with Gasteiger partial charge in [0.05, 0.1) is 25.7 Å². The maximum absolute atomic E-state index is 12.7. The van der Waals surface area contributed by atoms with Gasteiger partial charge in [-0.1, -0.05) is 41.9 Å². The smallest absolute Gasteiger partial charge is 0.338 e. The summed E-state index contributed by atoms with van der Waals surface area (Å²) in [5.74, 6) is -0.294. The largest absolute Gasteiger partial charge is 1.00 e. The van der Waals surface area contributed by atoms with Crippen LogP contribution < -0.4 is 24.0 Å². The number of likely N-dealkylation sites (N-methyl/N-ethyl adjacent to an activating group) is 1. The van der Waals surface area contributed by atoms with Crippen molar-refractivity contribution < 1.29 is 38.0 Å². The molecule has 1 saturated heterocycles. The van der Waals surface area contributed by atoms with E-state index in [9.17, 15) is 4.79 Å². The first kappa shape index (κ1) is 22.2. The summed E-state index contributed by atoms with van der Waals surface area (Å²) < 4.78 is 6.93. The Labute approximate surface area is 184 Å². The Hall–Kier alpha value is -1.11. The van der Waals surface area contributed by atoms with Gasteiger partial charge in [0.2, 0.25) is 0 Å². The van der Waals surface area contributed by atoms with Gasteiger partial charge in [0, 0.05) is 5.02 Å². The van der Waals surface area contributed by atoms with E-state index in [-0.39, 0.29) is 36.0 Å². The summed E-state index contributed by atoms with van der Waals surface area (Å²) in [5.41, 5.74) is 1.59. The summed E-state index contributed by atoms with van der Waals surface area (Å²) in [6.07, 6.45) is 4.83. The van der Waals surface area contributed by atoms with Crippen LogP contribution in [0.3, 0.4) is 0 Å². The molecule has 3 nitrogen and oxygen atoms in total. The Balaban J connectivity index is 0.00000261. The lowest BCUT2D eigenvalue weighted by Crippen LogP contribution is -3.00. The fraction of sp³-hybridized carbons (Fsp3) is 0.409. The zero-order valence-corrected chi connectivity index (χ0v) is 18.7. The zero-order chi connectivity index (χ0) is 18.4. The first-order chi connectivity index (χ1) is 12.6. The molecule has 1 atom stereocenters. The van der Waals surface area contributed by atoms with Crippen molar-refractivity contribution in [1.29, 1.82) is 0 Å². The lowest BCUT2D eigenvalue weighted by atomic mass is 10.1. The van der Waals surface area contributed by atoms with E-state index in [1.54, 1.807) is 24.3 Å². The van der Waals surface area contributed by atoms with Gasteiger partial charge in [-0.15, -0.1) is 0 Å². The minimum atomic E-state index is -0.294. The van der Waals surface area contributed by atoms with Crippen LogP contribution in [0.5, 0.6) is 0 Å². The summed E-state index contributed by atoms with van der Waals surface area (Å²) in [4.78, 5) is 12.7. The number of esters is 1. The highest BCUT2D eigenvalue weighted by molar-refractivity contribution is 6.30. The van der Waals surface area contributed by atoms with E-state index in [0.717, 1.165) is 29.7 Å². The highest BCUT2D eigenvalue weighted by Crippen LogP contribution is 2.26. The third-order valence-corrected chi connectivity index (χ3v) is 5.51. The maximum atomic E-state index is 12.7. The van der Waals surface area contributed by atoms with Crippen molar-refractivity contribution in [2.45, 2.75) is 31.8 Å². The lowest BCUT2D eigenvalue weighted by molar-refractivity contribution is -0.912. The van der Waals surface area contributed by atoms with E-state index in [2.05, 4.69) is 7.05 Å².